The molecule has 142 valence electrons. The third-order valence-electron chi connectivity index (χ3n) is 3.37. The van der Waals surface area contributed by atoms with Crippen molar-refractivity contribution in [2.75, 3.05) is 0 Å². The highest BCUT2D eigenvalue weighted by Gasteiger charge is 2.37. The average Bonchev–Trinajstić information content (AvgIpc) is 2.51. The van der Waals surface area contributed by atoms with Gasteiger partial charge in [-0.15, -0.1) is 0 Å². The molecule has 10 heteroatoms. The van der Waals surface area contributed by atoms with Gasteiger partial charge in [-0.3, -0.25) is 0 Å². The number of hydrogen-bond donors (Lipinski definition) is 1. The molecule has 0 aliphatic carbocycles. The van der Waals surface area contributed by atoms with Crippen LogP contribution in [0.4, 0.5) is 35.1 Å². The fourth-order valence-corrected chi connectivity index (χ4v) is 2.16. The molecular formula is C16H10F8O2. The molecule has 0 amide bonds. The van der Waals surface area contributed by atoms with Crippen LogP contribution in [0.25, 0.3) is 0 Å². The minimum atomic E-state index is -5.01. The van der Waals surface area contributed by atoms with E-state index in [1.165, 1.54) is 0 Å². The summed E-state index contributed by atoms with van der Waals surface area (Å²) in [5, 5.41) is 9.75. The van der Waals surface area contributed by atoms with Gasteiger partial charge in [0.15, 0.2) is 6.29 Å². The molecule has 26 heavy (non-hydrogen) atoms. The van der Waals surface area contributed by atoms with E-state index in [0.29, 0.717) is 18.2 Å². The number of alkyl halides is 6. The molecular weight excluding hydrogens is 376 g/mol. The van der Waals surface area contributed by atoms with Crippen LogP contribution in [-0.4, -0.2) is 5.11 Å². The van der Waals surface area contributed by atoms with Crippen molar-refractivity contribution in [2.45, 2.75) is 25.2 Å². The molecule has 0 aliphatic heterocycles. The van der Waals surface area contributed by atoms with E-state index in [9.17, 15) is 40.2 Å². The molecule has 0 aromatic heterocycles. The number of aliphatic hydroxyl groups is 1. The lowest BCUT2D eigenvalue weighted by Gasteiger charge is -2.18. The highest BCUT2D eigenvalue weighted by molar-refractivity contribution is 5.32. The summed E-state index contributed by atoms with van der Waals surface area (Å²) in [7, 11) is 0. The number of rotatable bonds is 4. The Morgan fingerprint density at radius 3 is 2.08 bits per heavy atom. The largest absolute Gasteiger partial charge is 0.419 e. The summed E-state index contributed by atoms with van der Waals surface area (Å²) < 4.78 is 108. The second-order valence-electron chi connectivity index (χ2n) is 5.17. The molecule has 1 N–H and O–H groups in total. The second-order valence-corrected chi connectivity index (χ2v) is 5.17. The number of hydrogen-bond acceptors (Lipinski definition) is 2. The van der Waals surface area contributed by atoms with Crippen LogP contribution >= 0.6 is 0 Å². The molecule has 0 aliphatic rings. The monoisotopic (exact) mass is 386 g/mol. The first-order chi connectivity index (χ1) is 11.9. The zero-order valence-corrected chi connectivity index (χ0v) is 12.6. The van der Waals surface area contributed by atoms with Crippen LogP contribution in [-0.2, 0) is 23.7 Å². The lowest BCUT2D eigenvalue weighted by Crippen LogP contribution is -2.15. The van der Waals surface area contributed by atoms with Gasteiger partial charge in [-0.05, 0) is 18.2 Å². The highest BCUT2D eigenvalue weighted by Crippen LogP contribution is 2.36. The van der Waals surface area contributed by atoms with Crippen molar-refractivity contribution in [3.05, 3.63) is 70.3 Å². The van der Waals surface area contributed by atoms with E-state index in [2.05, 4.69) is 4.74 Å². The Labute approximate surface area is 141 Å². The summed E-state index contributed by atoms with van der Waals surface area (Å²) in [5.74, 6) is -2.88. The minimum Gasteiger partial charge on any atom is -0.364 e. The number of ether oxygens (including phenoxy) is 1. The predicted molar refractivity (Wildman–Crippen MR) is 72.6 cm³/mol. The first kappa shape index (κ1) is 20.1. The van der Waals surface area contributed by atoms with Gasteiger partial charge >= 0.3 is 12.4 Å². The van der Waals surface area contributed by atoms with Crippen LogP contribution in [0.15, 0.2) is 36.4 Å². The summed E-state index contributed by atoms with van der Waals surface area (Å²) >= 11 is 0. The minimum absolute atomic E-state index is 0.132. The summed E-state index contributed by atoms with van der Waals surface area (Å²) in [6.07, 6.45) is -12.2. The molecule has 0 fully saturated rings. The highest BCUT2D eigenvalue weighted by atomic mass is 19.4. The van der Waals surface area contributed by atoms with E-state index in [1.807, 2.05) is 0 Å². The Morgan fingerprint density at radius 2 is 1.50 bits per heavy atom. The van der Waals surface area contributed by atoms with Gasteiger partial charge in [0.05, 0.1) is 17.7 Å². The van der Waals surface area contributed by atoms with Crippen molar-refractivity contribution >= 4 is 0 Å². The fourth-order valence-electron chi connectivity index (χ4n) is 2.16. The SMILES string of the molecule is OC(OCc1cccc(C(F)(F)F)c1F)c1ccc(F)cc1C(F)(F)F. The van der Waals surface area contributed by atoms with E-state index in [-0.39, 0.29) is 6.07 Å². The van der Waals surface area contributed by atoms with Crippen LogP contribution in [0, 0.1) is 11.6 Å². The van der Waals surface area contributed by atoms with Gasteiger partial charge < -0.3 is 9.84 Å². The van der Waals surface area contributed by atoms with E-state index in [0.717, 1.165) is 12.1 Å². The maximum atomic E-state index is 13.8. The molecule has 1 unspecified atom stereocenters. The number of aliphatic hydroxyl groups excluding tert-OH is 1. The van der Waals surface area contributed by atoms with Gasteiger partial charge in [-0.1, -0.05) is 18.2 Å². The maximum Gasteiger partial charge on any atom is 0.419 e. The predicted octanol–water partition coefficient (Wildman–Crippen LogP) is 5.21. The normalized spacial score (nSPS) is 13.7. The van der Waals surface area contributed by atoms with Crippen molar-refractivity contribution in [1.82, 2.24) is 0 Å². The molecule has 2 aromatic carbocycles. The van der Waals surface area contributed by atoms with Gasteiger partial charge in [0, 0.05) is 11.1 Å². The van der Waals surface area contributed by atoms with E-state index in [1.54, 1.807) is 0 Å². The Kier molecular flexibility index (Phi) is 5.57. The van der Waals surface area contributed by atoms with E-state index >= 15 is 0 Å². The molecule has 2 rings (SSSR count). The molecule has 0 heterocycles. The van der Waals surface area contributed by atoms with Crippen LogP contribution in [0.2, 0.25) is 0 Å². The van der Waals surface area contributed by atoms with E-state index < -0.39 is 59.1 Å². The molecule has 0 bridgehead atoms. The molecule has 0 spiro atoms. The van der Waals surface area contributed by atoms with Crippen LogP contribution in [0.5, 0.6) is 0 Å². The zero-order valence-electron chi connectivity index (χ0n) is 12.6. The lowest BCUT2D eigenvalue weighted by molar-refractivity contribution is -0.149. The van der Waals surface area contributed by atoms with Crippen molar-refractivity contribution in [3.63, 3.8) is 0 Å². The molecule has 0 saturated heterocycles. The van der Waals surface area contributed by atoms with Crippen molar-refractivity contribution in [3.8, 4) is 0 Å². The lowest BCUT2D eigenvalue weighted by atomic mass is 10.1. The summed E-state index contributed by atoms with van der Waals surface area (Å²) in [6, 6.07) is 3.68. The fraction of sp³-hybridized carbons (Fsp3) is 0.250. The summed E-state index contributed by atoms with van der Waals surface area (Å²) in [6.45, 7) is -0.939. The second kappa shape index (κ2) is 7.20. The average molecular weight is 386 g/mol. The molecule has 2 aromatic rings. The van der Waals surface area contributed by atoms with Crippen molar-refractivity contribution in [1.29, 1.82) is 0 Å². The summed E-state index contributed by atoms with van der Waals surface area (Å²) in [4.78, 5) is 0. The molecule has 1 atom stereocenters. The third-order valence-corrected chi connectivity index (χ3v) is 3.37. The third kappa shape index (κ3) is 4.50. The Bertz CT molecular complexity index is 783. The van der Waals surface area contributed by atoms with Gasteiger partial charge in [-0.25, -0.2) is 8.78 Å². The van der Waals surface area contributed by atoms with Gasteiger partial charge in [0.2, 0.25) is 0 Å². The Hall–Kier alpha value is -2.20. The van der Waals surface area contributed by atoms with E-state index in [4.69, 9.17) is 0 Å². The standard InChI is InChI=1S/C16H10F8O2/c17-9-4-5-10(12(6-9)16(22,23)24)14(25)26-7-8-2-1-3-11(13(8)18)15(19,20)21/h1-6,14,25H,7H2. The van der Waals surface area contributed by atoms with Crippen molar-refractivity contribution in [2.24, 2.45) is 0 Å². The first-order valence-corrected chi connectivity index (χ1v) is 6.92. The molecule has 0 radical (unpaired) electrons. The molecule has 2 nitrogen and oxygen atoms in total. The smallest absolute Gasteiger partial charge is 0.364 e. The van der Waals surface area contributed by atoms with Crippen molar-refractivity contribution < 1.29 is 45.0 Å². The first-order valence-electron chi connectivity index (χ1n) is 6.92. The number of benzene rings is 2. The molecule has 0 saturated carbocycles. The zero-order chi connectivity index (χ0) is 19.7. The van der Waals surface area contributed by atoms with Gasteiger partial charge in [0.25, 0.3) is 0 Å². The maximum absolute atomic E-state index is 13.8. The quantitative estimate of drug-likeness (QED) is 0.578. The van der Waals surface area contributed by atoms with Crippen LogP contribution in [0.3, 0.4) is 0 Å². The topological polar surface area (TPSA) is 29.5 Å². The Morgan fingerprint density at radius 1 is 0.885 bits per heavy atom. The van der Waals surface area contributed by atoms with Crippen LogP contribution in [0.1, 0.15) is 28.5 Å². The van der Waals surface area contributed by atoms with Gasteiger partial charge in [-0.2, -0.15) is 26.3 Å². The van der Waals surface area contributed by atoms with Crippen LogP contribution < -0.4 is 0 Å². The number of halogens is 8. The Balaban J connectivity index is 2.24. The summed E-state index contributed by atoms with van der Waals surface area (Å²) in [5.41, 5.74) is -4.57. The van der Waals surface area contributed by atoms with Gasteiger partial charge in [0.1, 0.15) is 11.6 Å².